The van der Waals surface area contributed by atoms with Crippen LogP contribution in [-0.2, 0) is 20.8 Å². The van der Waals surface area contributed by atoms with Gasteiger partial charge < -0.3 is 25.4 Å². The second-order valence-corrected chi connectivity index (χ2v) is 9.39. The first-order valence-corrected chi connectivity index (χ1v) is 12.3. The molecule has 8 nitrogen and oxygen atoms in total. The summed E-state index contributed by atoms with van der Waals surface area (Å²) in [7, 11) is 0. The fourth-order valence-corrected chi connectivity index (χ4v) is 4.44. The van der Waals surface area contributed by atoms with E-state index in [1.54, 1.807) is 30.3 Å². The first-order chi connectivity index (χ1) is 18.0. The fraction of sp³-hybridized carbons (Fsp3) is 0.393. The number of nitrogens with zero attached hydrogens (tertiary/aromatic N) is 1. The van der Waals surface area contributed by atoms with Crippen molar-refractivity contribution in [2.75, 3.05) is 19.7 Å². The number of carbonyl (C=O) groups is 3. The molecule has 10 heteroatoms. The quantitative estimate of drug-likeness (QED) is 0.388. The summed E-state index contributed by atoms with van der Waals surface area (Å²) in [5.41, 5.74) is 2.38. The van der Waals surface area contributed by atoms with E-state index in [0.29, 0.717) is 16.2 Å². The topological polar surface area (TPSA) is 108 Å². The third kappa shape index (κ3) is 7.38. The molecule has 1 aliphatic rings. The van der Waals surface area contributed by atoms with Gasteiger partial charge in [-0.3, -0.25) is 14.4 Å². The molecule has 3 amide bonds. The SMILES string of the molecule is C=CCNC(=O)[C@@H]1CC(F)(F)CN1C(=O)[C@@H](O)[C@H](Cc1ccccc1)NC(=O)COc1c(C)cccc1C. The number of aliphatic hydroxyl groups excluding tert-OH is 1. The van der Waals surface area contributed by atoms with E-state index >= 15 is 0 Å². The van der Waals surface area contributed by atoms with Crippen molar-refractivity contribution >= 4 is 17.7 Å². The van der Waals surface area contributed by atoms with E-state index in [9.17, 15) is 28.3 Å². The van der Waals surface area contributed by atoms with Gasteiger partial charge in [-0.25, -0.2) is 8.78 Å². The largest absolute Gasteiger partial charge is 0.483 e. The van der Waals surface area contributed by atoms with Crippen molar-refractivity contribution in [3.8, 4) is 5.75 Å². The molecule has 1 saturated heterocycles. The molecule has 2 aromatic rings. The molecule has 0 aromatic heterocycles. The Labute approximate surface area is 220 Å². The Kier molecular flexibility index (Phi) is 9.57. The molecule has 0 bridgehead atoms. The standard InChI is InChI=1S/C28H33F2N3O5/c1-4-13-31-26(36)22-15-28(29,30)17-33(22)27(37)24(35)21(14-20-11-6-5-7-12-20)32-23(34)16-38-25-18(2)9-8-10-19(25)3/h4-12,21-22,24,35H,1,13-17H2,2-3H3,(H,31,36)(H,32,34)/t21-,22-,24-/m0/s1. The Morgan fingerprint density at radius 1 is 1.16 bits per heavy atom. The van der Waals surface area contributed by atoms with Crippen LogP contribution in [0.15, 0.2) is 61.2 Å². The minimum Gasteiger partial charge on any atom is -0.483 e. The molecular formula is C28H33F2N3O5. The van der Waals surface area contributed by atoms with Crippen molar-refractivity contribution in [1.29, 1.82) is 0 Å². The molecule has 38 heavy (non-hydrogen) atoms. The summed E-state index contributed by atoms with van der Waals surface area (Å²) < 4.78 is 34.2. The smallest absolute Gasteiger partial charge is 0.267 e. The number of rotatable bonds is 11. The second kappa shape index (κ2) is 12.6. The van der Waals surface area contributed by atoms with Gasteiger partial charge in [-0.1, -0.05) is 54.6 Å². The Bertz CT molecular complexity index is 1140. The number of carbonyl (C=O) groups excluding carboxylic acids is 3. The molecule has 0 radical (unpaired) electrons. The van der Waals surface area contributed by atoms with Crippen molar-refractivity contribution in [1.82, 2.24) is 15.5 Å². The number of alkyl halides is 2. The molecule has 1 heterocycles. The average Bonchev–Trinajstić information content (AvgIpc) is 3.21. The summed E-state index contributed by atoms with van der Waals surface area (Å²) in [6.45, 7) is 5.79. The van der Waals surface area contributed by atoms with Crippen LogP contribution >= 0.6 is 0 Å². The monoisotopic (exact) mass is 529 g/mol. The van der Waals surface area contributed by atoms with Gasteiger partial charge in [0.25, 0.3) is 17.7 Å². The van der Waals surface area contributed by atoms with Crippen LogP contribution in [0.1, 0.15) is 23.1 Å². The highest BCUT2D eigenvalue weighted by molar-refractivity contribution is 5.91. The number of aliphatic hydroxyl groups is 1. The van der Waals surface area contributed by atoms with E-state index in [1.165, 1.54) is 6.08 Å². The summed E-state index contributed by atoms with van der Waals surface area (Å²) in [5, 5.41) is 16.1. The van der Waals surface area contributed by atoms with Crippen molar-refractivity contribution in [3.05, 3.63) is 77.9 Å². The number of amides is 3. The van der Waals surface area contributed by atoms with Crippen molar-refractivity contribution in [2.24, 2.45) is 0 Å². The summed E-state index contributed by atoms with van der Waals surface area (Å²) in [5.74, 6) is -5.20. The van der Waals surface area contributed by atoms with Gasteiger partial charge in [0.1, 0.15) is 11.8 Å². The maximum absolute atomic E-state index is 14.3. The Hall–Kier alpha value is -3.79. The maximum Gasteiger partial charge on any atom is 0.267 e. The van der Waals surface area contributed by atoms with Crippen molar-refractivity contribution in [2.45, 2.75) is 50.8 Å². The number of hydrogen-bond acceptors (Lipinski definition) is 5. The summed E-state index contributed by atoms with van der Waals surface area (Å²) >= 11 is 0. The van der Waals surface area contributed by atoms with Gasteiger partial charge in [-0.2, -0.15) is 0 Å². The number of likely N-dealkylation sites (tertiary alicyclic amines) is 1. The Balaban J connectivity index is 1.78. The van der Waals surface area contributed by atoms with E-state index in [0.717, 1.165) is 11.1 Å². The van der Waals surface area contributed by atoms with E-state index in [1.807, 2.05) is 32.0 Å². The van der Waals surface area contributed by atoms with E-state index in [-0.39, 0.29) is 19.6 Å². The summed E-state index contributed by atoms with van der Waals surface area (Å²) in [6, 6.07) is 11.7. The van der Waals surface area contributed by atoms with Crippen LogP contribution in [0.4, 0.5) is 8.78 Å². The predicted octanol–water partition coefficient (Wildman–Crippen LogP) is 2.31. The van der Waals surface area contributed by atoms with Gasteiger partial charge in [-0.15, -0.1) is 6.58 Å². The molecule has 1 aliphatic heterocycles. The Morgan fingerprint density at radius 3 is 2.45 bits per heavy atom. The van der Waals surface area contributed by atoms with Crippen LogP contribution in [0.5, 0.6) is 5.75 Å². The van der Waals surface area contributed by atoms with Crippen LogP contribution in [0.2, 0.25) is 0 Å². The summed E-state index contributed by atoms with van der Waals surface area (Å²) in [6.07, 6.45) is -1.32. The van der Waals surface area contributed by atoms with Crippen LogP contribution in [0.25, 0.3) is 0 Å². The lowest BCUT2D eigenvalue weighted by atomic mass is 9.99. The maximum atomic E-state index is 14.3. The highest BCUT2D eigenvalue weighted by atomic mass is 19.3. The number of hydrogen-bond donors (Lipinski definition) is 3. The number of aryl methyl sites for hydroxylation is 2. The molecule has 3 atom stereocenters. The van der Waals surface area contributed by atoms with Crippen LogP contribution in [-0.4, -0.2) is 71.5 Å². The molecule has 0 unspecified atom stereocenters. The normalized spacial score (nSPS) is 17.8. The molecular weight excluding hydrogens is 496 g/mol. The molecule has 204 valence electrons. The molecule has 2 aromatic carbocycles. The number of halogens is 2. The zero-order chi connectivity index (χ0) is 27.9. The number of para-hydroxylation sites is 1. The third-order valence-electron chi connectivity index (χ3n) is 6.31. The molecule has 0 aliphatic carbocycles. The first-order valence-electron chi connectivity index (χ1n) is 12.3. The highest BCUT2D eigenvalue weighted by Gasteiger charge is 2.51. The molecule has 1 fully saturated rings. The minimum atomic E-state index is -3.30. The van der Waals surface area contributed by atoms with Crippen LogP contribution in [0.3, 0.4) is 0 Å². The van der Waals surface area contributed by atoms with Gasteiger partial charge in [0.05, 0.1) is 12.6 Å². The van der Waals surface area contributed by atoms with Gasteiger partial charge >= 0.3 is 0 Å². The highest BCUT2D eigenvalue weighted by Crippen LogP contribution is 2.33. The number of nitrogens with one attached hydrogen (secondary N) is 2. The van der Waals surface area contributed by atoms with E-state index < -0.39 is 54.8 Å². The molecule has 3 N–H and O–H groups in total. The lowest BCUT2D eigenvalue weighted by Crippen LogP contribution is -2.56. The van der Waals surface area contributed by atoms with E-state index in [2.05, 4.69) is 17.2 Å². The number of ether oxygens (including phenoxy) is 1. The van der Waals surface area contributed by atoms with Gasteiger partial charge in [0.2, 0.25) is 5.91 Å². The molecule has 0 saturated carbocycles. The van der Waals surface area contributed by atoms with Gasteiger partial charge in [0, 0.05) is 13.0 Å². The second-order valence-electron chi connectivity index (χ2n) is 9.39. The lowest BCUT2D eigenvalue weighted by Gasteiger charge is -2.30. The van der Waals surface area contributed by atoms with E-state index in [4.69, 9.17) is 4.74 Å². The molecule has 3 rings (SSSR count). The minimum absolute atomic E-state index is 0.0402. The van der Waals surface area contributed by atoms with Crippen molar-refractivity contribution in [3.63, 3.8) is 0 Å². The van der Waals surface area contributed by atoms with Gasteiger partial charge in [-0.05, 0) is 37.0 Å². The average molecular weight is 530 g/mol. The summed E-state index contributed by atoms with van der Waals surface area (Å²) in [4.78, 5) is 39.2. The van der Waals surface area contributed by atoms with Crippen molar-refractivity contribution < 1.29 is 33.0 Å². The lowest BCUT2D eigenvalue weighted by molar-refractivity contribution is -0.147. The molecule has 0 spiro atoms. The first kappa shape index (κ1) is 28.8. The number of benzene rings is 2. The third-order valence-corrected chi connectivity index (χ3v) is 6.31. The zero-order valence-corrected chi connectivity index (χ0v) is 21.5. The predicted molar refractivity (Wildman–Crippen MR) is 138 cm³/mol. The van der Waals surface area contributed by atoms with Crippen LogP contribution in [0, 0.1) is 13.8 Å². The van der Waals surface area contributed by atoms with Crippen LogP contribution < -0.4 is 15.4 Å². The Morgan fingerprint density at radius 2 is 1.82 bits per heavy atom. The van der Waals surface area contributed by atoms with Gasteiger partial charge in [0.15, 0.2) is 12.7 Å². The zero-order valence-electron chi connectivity index (χ0n) is 21.5. The fourth-order valence-electron chi connectivity index (χ4n) is 4.44.